The number of ether oxygens (including phenoxy) is 2. The van der Waals surface area contributed by atoms with E-state index in [0.717, 1.165) is 31.9 Å². The minimum Gasteiger partial charge on any atom is -0.459 e. The SMILES string of the molecule is CC(C)OC(=O)c1cccnc1NCc1ccccc1N1CCOCC1. The van der Waals surface area contributed by atoms with Gasteiger partial charge in [0.2, 0.25) is 0 Å². The first kappa shape index (κ1) is 18.2. The van der Waals surface area contributed by atoms with Gasteiger partial charge in [-0.2, -0.15) is 0 Å². The molecule has 0 radical (unpaired) electrons. The summed E-state index contributed by atoms with van der Waals surface area (Å²) in [6.07, 6.45) is 1.50. The summed E-state index contributed by atoms with van der Waals surface area (Å²) in [5.41, 5.74) is 2.79. The van der Waals surface area contributed by atoms with Gasteiger partial charge < -0.3 is 19.7 Å². The van der Waals surface area contributed by atoms with E-state index in [1.165, 1.54) is 5.69 Å². The number of para-hydroxylation sites is 1. The first-order chi connectivity index (χ1) is 12.6. The summed E-state index contributed by atoms with van der Waals surface area (Å²) in [6.45, 7) is 7.49. The lowest BCUT2D eigenvalue weighted by Crippen LogP contribution is -2.36. The molecule has 1 saturated heterocycles. The Morgan fingerprint density at radius 3 is 2.77 bits per heavy atom. The van der Waals surface area contributed by atoms with Crippen molar-refractivity contribution in [3.63, 3.8) is 0 Å². The lowest BCUT2D eigenvalue weighted by Gasteiger charge is -2.30. The second-order valence-corrected chi connectivity index (χ2v) is 6.44. The van der Waals surface area contributed by atoms with Gasteiger partial charge in [-0.25, -0.2) is 9.78 Å². The van der Waals surface area contributed by atoms with Crippen molar-refractivity contribution in [1.82, 2.24) is 4.98 Å². The zero-order chi connectivity index (χ0) is 18.4. The summed E-state index contributed by atoms with van der Waals surface area (Å²) >= 11 is 0. The monoisotopic (exact) mass is 355 g/mol. The minimum absolute atomic E-state index is 0.169. The van der Waals surface area contributed by atoms with Crippen LogP contribution in [0.1, 0.15) is 29.8 Å². The molecule has 0 bridgehead atoms. The second-order valence-electron chi connectivity index (χ2n) is 6.44. The van der Waals surface area contributed by atoms with Gasteiger partial charge in [-0.1, -0.05) is 18.2 Å². The number of hydrogen-bond acceptors (Lipinski definition) is 6. The Hall–Kier alpha value is -2.60. The molecule has 138 valence electrons. The number of morpholine rings is 1. The van der Waals surface area contributed by atoms with E-state index in [1.54, 1.807) is 18.3 Å². The summed E-state index contributed by atoms with van der Waals surface area (Å²) in [6, 6.07) is 11.7. The van der Waals surface area contributed by atoms with Crippen LogP contribution < -0.4 is 10.2 Å². The molecule has 2 aromatic rings. The molecule has 1 aromatic heterocycles. The van der Waals surface area contributed by atoms with Gasteiger partial charge in [-0.3, -0.25) is 0 Å². The van der Waals surface area contributed by atoms with Gasteiger partial charge in [0.05, 0.1) is 19.3 Å². The second kappa shape index (κ2) is 8.67. The number of aromatic nitrogens is 1. The molecule has 1 aliphatic heterocycles. The lowest BCUT2D eigenvalue weighted by atomic mass is 10.1. The highest BCUT2D eigenvalue weighted by Gasteiger charge is 2.17. The zero-order valence-electron chi connectivity index (χ0n) is 15.3. The lowest BCUT2D eigenvalue weighted by molar-refractivity contribution is 0.0378. The van der Waals surface area contributed by atoms with E-state index in [1.807, 2.05) is 26.0 Å². The first-order valence-electron chi connectivity index (χ1n) is 8.95. The van der Waals surface area contributed by atoms with Gasteiger partial charge in [0, 0.05) is 31.5 Å². The number of hydrogen-bond donors (Lipinski definition) is 1. The summed E-state index contributed by atoms with van der Waals surface area (Å²) < 4.78 is 10.8. The first-order valence-corrected chi connectivity index (χ1v) is 8.95. The number of pyridine rings is 1. The third-order valence-corrected chi connectivity index (χ3v) is 4.16. The number of carbonyl (C=O) groups is 1. The molecule has 26 heavy (non-hydrogen) atoms. The van der Waals surface area contributed by atoms with Gasteiger partial charge in [0.15, 0.2) is 0 Å². The highest BCUT2D eigenvalue weighted by atomic mass is 16.5. The fraction of sp³-hybridized carbons (Fsp3) is 0.400. The zero-order valence-corrected chi connectivity index (χ0v) is 15.3. The maximum absolute atomic E-state index is 12.3. The van der Waals surface area contributed by atoms with Gasteiger partial charge in [0.25, 0.3) is 0 Å². The molecule has 0 atom stereocenters. The Balaban J connectivity index is 1.75. The fourth-order valence-corrected chi connectivity index (χ4v) is 2.94. The van der Waals surface area contributed by atoms with Crippen LogP contribution in [0.3, 0.4) is 0 Å². The van der Waals surface area contributed by atoms with Crippen LogP contribution in [0.25, 0.3) is 0 Å². The number of benzene rings is 1. The Labute approximate surface area is 154 Å². The van der Waals surface area contributed by atoms with Crippen LogP contribution in [0.5, 0.6) is 0 Å². The molecule has 0 unspecified atom stereocenters. The maximum Gasteiger partial charge on any atom is 0.342 e. The molecule has 1 N–H and O–H groups in total. The predicted molar refractivity (Wildman–Crippen MR) is 102 cm³/mol. The normalized spacial score (nSPS) is 14.3. The van der Waals surface area contributed by atoms with Crippen molar-refractivity contribution in [2.45, 2.75) is 26.5 Å². The van der Waals surface area contributed by atoms with Gasteiger partial charge in [-0.15, -0.1) is 0 Å². The molecule has 6 nitrogen and oxygen atoms in total. The molecule has 6 heteroatoms. The highest BCUT2D eigenvalue weighted by molar-refractivity contribution is 5.94. The molecule has 1 fully saturated rings. The largest absolute Gasteiger partial charge is 0.459 e. The van der Waals surface area contributed by atoms with Crippen LogP contribution in [0.15, 0.2) is 42.6 Å². The Morgan fingerprint density at radius 2 is 2.00 bits per heavy atom. The average Bonchev–Trinajstić information content (AvgIpc) is 2.67. The third kappa shape index (κ3) is 4.52. The molecule has 1 aromatic carbocycles. The van der Waals surface area contributed by atoms with E-state index in [4.69, 9.17) is 9.47 Å². The van der Waals surface area contributed by atoms with E-state index in [9.17, 15) is 4.79 Å². The van der Waals surface area contributed by atoms with E-state index < -0.39 is 0 Å². The molecule has 0 saturated carbocycles. The van der Waals surface area contributed by atoms with Crippen molar-refractivity contribution >= 4 is 17.5 Å². The summed E-state index contributed by atoms with van der Waals surface area (Å²) in [5, 5.41) is 3.29. The van der Waals surface area contributed by atoms with Crippen molar-refractivity contribution in [3.05, 3.63) is 53.7 Å². The summed E-state index contributed by atoms with van der Waals surface area (Å²) in [7, 11) is 0. The topological polar surface area (TPSA) is 63.7 Å². The van der Waals surface area contributed by atoms with E-state index in [2.05, 4.69) is 27.3 Å². The van der Waals surface area contributed by atoms with Crippen LogP contribution in [-0.4, -0.2) is 43.4 Å². The smallest absolute Gasteiger partial charge is 0.342 e. The highest BCUT2D eigenvalue weighted by Crippen LogP contribution is 2.23. The molecule has 0 spiro atoms. The molecule has 0 amide bonds. The molecular weight excluding hydrogens is 330 g/mol. The van der Waals surface area contributed by atoms with E-state index in [0.29, 0.717) is 17.9 Å². The van der Waals surface area contributed by atoms with Gasteiger partial charge >= 0.3 is 5.97 Å². The number of nitrogens with one attached hydrogen (secondary N) is 1. The molecule has 1 aliphatic rings. The van der Waals surface area contributed by atoms with Crippen molar-refractivity contribution in [1.29, 1.82) is 0 Å². The van der Waals surface area contributed by atoms with Crippen molar-refractivity contribution in [3.8, 4) is 0 Å². The number of carbonyl (C=O) groups excluding carboxylic acids is 1. The Morgan fingerprint density at radius 1 is 1.23 bits per heavy atom. The van der Waals surface area contributed by atoms with Crippen LogP contribution in [0.4, 0.5) is 11.5 Å². The van der Waals surface area contributed by atoms with E-state index in [-0.39, 0.29) is 12.1 Å². The molecule has 0 aliphatic carbocycles. The van der Waals surface area contributed by atoms with Crippen molar-refractivity contribution in [2.24, 2.45) is 0 Å². The third-order valence-electron chi connectivity index (χ3n) is 4.16. The molecular formula is C20H25N3O3. The summed E-state index contributed by atoms with van der Waals surface area (Å²) in [4.78, 5) is 18.9. The van der Waals surface area contributed by atoms with Gasteiger partial charge in [-0.05, 0) is 37.6 Å². The number of anilines is 2. The predicted octanol–water partition coefficient (Wildman–Crippen LogP) is 3.10. The van der Waals surface area contributed by atoms with E-state index >= 15 is 0 Å². The average molecular weight is 355 g/mol. The van der Waals surface area contributed by atoms with Crippen LogP contribution in [0, 0.1) is 0 Å². The van der Waals surface area contributed by atoms with Crippen molar-refractivity contribution < 1.29 is 14.3 Å². The van der Waals surface area contributed by atoms with Crippen LogP contribution >= 0.6 is 0 Å². The number of rotatable bonds is 6. The van der Waals surface area contributed by atoms with Gasteiger partial charge in [0.1, 0.15) is 11.4 Å². The molecule has 3 rings (SSSR count). The fourth-order valence-electron chi connectivity index (χ4n) is 2.94. The minimum atomic E-state index is -0.364. The maximum atomic E-state index is 12.3. The van der Waals surface area contributed by atoms with Crippen LogP contribution in [0.2, 0.25) is 0 Å². The Bertz CT molecular complexity index is 743. The molecule has 2 heterocycles. The summed E-state index contributed by atoms with van der Waals surface area (Å²) in [5.74, 6) is 0.173. The van der Waals surface area contributed by atoms with Crippen molar-refractivity contribution in [2.75, 3.05) is 36.5 Å². The van der Waals surface area contributed by atoms with Crippen LogP contribution in [-0.2, 0) is 16.0 Å². The number of nitrogens with zero attached hydrogens (tertiary/aromatic N) is 2. The quantitative estimate of drug-likeness (QED) is 0.804. The Kier molecular flexibility index (Phi) is 6.07. The standard InChI is InChI=1S/C20H25N3O3/c1-15(2)26-20(24)17-7-5-9-21-19(17)22-14-16-6-3-4-8-18(16)23-10-12-25-13-11-23/h3-9,15H,10-14H2,1-2H3,(H,21,22). The number of esters is 1.